The van der Waals surface area contributed by atoms with Crippen molar-refractivity contribution in [2.45, 2.75) is 38.5 Å². The minimum absolute atomic E-state index is 0.184. The molecule has 8 nitrogen and oxygen atoms in total. The number of ether oxygens (including phenoxy) is 2. The van der Waals surface area contributed by atoms with Crippen molar-refractivity contribution < 1.29 is 22.7 Å². The van der Waals surface area contributed by atoms with Crippen LogP contribution in [0.15, 0.2) is 23.1 Å². The molecule has 2 N–H and O–H groups in total. The van der Waals surface area contributed by atoms with Gasteiger partial charge in [0.15, 0.2) is 0 Å². The average molecular weight is 436 g/mol. The first kappa shape index (κ1) is 22.2. The minimum Gasteiger partial charge on any atom is -0.497 e. The van der Waals surface area contributed by atoms with Crippen LogP contribution in [0, 0.1) is 19.8 Å². The molecule has 1 fully saturated rings. The lowest BCUT2D eigenvalue weighted by molar-refractivity contribution is 0.102. The second-order valence-corrected chi connectivity index (χ2v) is 9.56. The van der Waals surface area contributed by atoms with E-state index in [-0.39, 0.29) is 10.6 Å². The molecular formula is C21H29N3O5S. The second-order valence-electron chi connectivity index (χ2n) is 7.69. The summed E-state index contributed by atoms with van der Waals surface area (Å²) in [6, 6.07) is 5.04. The summed E-state index contributed by atoms with van der Waals surface area (Å²) in [4.78, 5) is 16.1. The third kappa shape index (κ3) is 4.17. The van der Waals surface area contributed by atoms with Crippen molar-refractivity contribution in [3.63, 3.8) is 0 Å². The van der Waals surface area contributed by atoms with Crippen LogP contribution in [0.3, 0.4) is 0 Å². The molecule has 0 spiro atoms. The minimum atomic E-state index is -3.67. The van der Waals surface area contributed by atoms with E-state index in [1.807, 2.05) is 0 Å². The van der Waals surface area contributed by atoms with Gasteiger partial charge < -0.3 is 19.8 Å². The van der Waals surface area contributed by atoms with E-state index >= 15 is 0 Å². The van der Waals surface area contributed by atoms with E-state index in [9.17, 15) is 13.2 Å². The number of anilines is 1. The summed E-state index contributed by atoms with van der Waals surface area (Å²) in [6.45, 7) is 6.46. The lowest BCUT2D eigenvalue weighted by Crippen LogP contribution is -2.38. The number of aromatic amines is 1. The summed E-state index contributed by atoms with van der Waals surface area (Å²) in [5, 5.41) is 2.79. The molecule has 0 bridgehead atoms. The lowest BCUT2D eigenvalue weighted by atomic mass is 10.0. The van der Waals surface area contributed by atoms with Crippen LogP contribution >= 0.6 is 0 Å². The van der Waals surface area contributed by atoms with Crippen molar-refractivity contribution in [3.8, 4) is 11.5 Å². The van der Waals surface area contributed by atoms with Crippen LogP contribution in [0.25, 0.3) is 0 Å². The van der Waals surface area contributed by atoms with Gasteiger partial charge in [0.1, 0.15) is 22.1 Å². The molecule has 1 aromatic heterocycles. The van der Waals surface area contributed by atoms with Gasteiger partial charge in [0, 0.05) is 24.8 Å². The molecule has 2 aromatic rings. The summed E-state index contributed by atoms with van der Waals surface area (Å²) in [5.74, 6) is 1.12. The smallest absolute Gasteiger partial charge is 0.272 e. The number of methoxy groups -OCH3 is 2. The highest BCUT2D eigenvalue weighted by Crippen LogP contribution is 2.32. The molecule has 0 aliphatic carbocycles. The summed E-state index contributed by atoms with van der Waals surface area (Å²) in [5.41, 5.74) is 1.55. The number of nitrogens with zero attached hydrogens (tertiary/aromatic N) is 1. The molecule has 30 heavy (non-hydrogen) atoms. The quantitative estimate of drug-likeness (QED) is 0.725. The highest BCUT2D eigenvalue weighted by Gasteiger charge is 2.33. The Bertz CT molecular complexity index is 1040. The number of H-pyrrole nitrogens is 1. The normalized spacial score (nSPS) is 15.8. The van der Waals surface area contributed by atoms with Gasteiger partial charge in [-0.3, -0.25) is 4.79 Å². The zero-order valence-corrected chi connectivity index (χ0v) is 18.9. The van der Waals surface area contributed by atoms with Gasteiger partial charge in [-0.1, -0.05) is 6.92 Å². The van der Waals surface area contributed by atoms with Crippen LogP contribution in [-0.4, -0.2) is 50.9 Å². The van der Waals surface area contributed by atoms with Gasteiger partial charge in [0.25, 0.3) is 5.91 Å². The third-order valence-electron chi connectivity index (χ3n) is 5.59. The highest BCUT2D eigenvalue weighted by atomic mass is 32.2. The number of sulfonamides is 1. The number of piperidine rings is 1. The number of amides is 1. The fourth-order valence-electron chi connectivity index (χ4n) is 3.79. The largest absolute Gasteiger partial charge is 0.497 e. The molecule has 9 heteroatoms. The number of rotatable bonds is 6. The Morgan fingerprint density at radius 3 is 2.43 bits per heavy atom. The van der Waals surface area contributed by atoms with E-state index in [0.29, 0.717) is 47.5 Å². The summed E-state index contributed by atoms with van der Waals surface area (Å²) < 4.78 is 38.5. The van der Waals surface area contributed by atoms with E-state index in [0.717, 1.165) is 12.8 Å². The van der Waals surface area contributed by atoms with Crippen LogP contribution in [-0.2, 0) is 10.0 Å². The average Bonchev–Trinajstić information content (AvgIpc) is 3.03. The molecule has 2 heterocycles. The highest BCUT2D eigenvalue weighted by molar-refractivity contribution is 7.89. The van der Waals surface area contributed by atoms with Gasteiger partial charge >= 0.3 is 0 Å². The first-order valence-corrected chi connectivity index (χ1v) is 11.4. The molecular weight excluding hydrogens is 406 g/mol. The zero-order valence-electron chi connectivity index (χ0n) is 18.0. The molecule has 164 valence electrons. The summed E-state index contributed by atoms with van der Waals surface area (Å²) in [7, 11) is -0.630. The summed E-state index contributed by atoms with van der Waals surface area (Å²) in [6.07, 6.45) is 1.68. The number of hydrogen-bond donors (Lipinski definition) is 2. The van der Waals surface area contributed by atoms with Crippen LogP contribution in [0.4, 0.5) is 5.69 Å². The number of aromatic nitrogens is 1. The fourth-order valence-corrected chi connectivity index (χ4v) is 5.66. The van der Waals surface area contributed by atoms with Crippen molar-refractivity contribution in [1.82, 2.24) is 9.29 Å². The van der Waals surface area contributed by atoms with Gasteiger partial charge in [-0.15, -0.1) is 0 Å². The summed E-state index contributed by atoms with van der Waals surface area (Å²) >= 11 is 0. The van der Waals surface area contributed by atoms with Crippen molar-refractivity contribution in [1.29, 1.82) is 0 Å². The molecule has 1 saturated heterocycles. The Balaban J connectivity index is 1.89. The number of carbonyl (C=O) groups is 1. The van der Waals surface area contributed by atoms with Crippen molar-refractivity contribution in [2.75, 3.05) is 32.6 Å². The molecule has 0 saturated carbocycles. The van der Waals surface area contributed by atoms with Crippen molar-refractivity contribution in [3.05, 3.63) is 35.2 Å². The number of carbonyl (C=O) groups excluding carboxylic acids is 1. The van der Waals surface area contributed by atoms with E-state index in [1.54, 1.807) is 39.2 Å². The number of aryl methyl sites for hydroxylation is 1. The van der Waals surface area contributed by atoms with E-state index in [1.165, 1.54) is 11.4 Å². The van der Waals surface area contributed by atoms with Gasteiger partial charge in [-0.2, -0.15) is 4.31 Å². The van der Waals surface area contributed by atoms with Crippen LogP contribution in [0.1, 0.15) is 41.5 Å². The first-order valence-electron chi connectivity index (χ1n) is 9.91. The number of nitrogens with one attached hydrogen (secondary N) is 2. The van der Waals surface area contributed by atoms with Gasteiger partial charge in [-0.05, 0) is 50.3 Å². The predicted molar refractivity (Wildman–Crippen MR) is 115 cm³/mol. The van der Waals surface area contributed by atoms with Gasteiger partial charge in [-0.25, -0.2) is 8.42 Å². The molecule has 1 aliphatic heterocycles. The number of hydrogen-bond acceptors (Lipinski definition) is 5. The Morgan fingerprint density at radius 1 is 1.17 bits per heavy atom. The molecule has 1 aliphatic rings. The Kier molecular flexibility index (Phi) is 6.42. The van der Waals surface area contributed by atoms with Crippen molar-refractivity contribution in [2.24, 2.45) is 5.92 Å². The second kappa shape index (κ2) is 8.69. The van der Waals surface area contributed by atoms with E-state index in [2.05, 4.69) is 17.2 Å². The monoisotopic (exact) mass is 435 g/mol. The molecule has 0 unspecified atom stereocenters. The maximum atomic E-state index is 13.2. The van der Waals surface area contributed by atoms with Gasteiger partial charge in [0.2, 0.25) is 10.0 Å². The van der Waals surface area contributed by atoms with E-state index in [4.69, 9.17) is 9.47 Å². The Labute approximate surface area is 177 Å². The topological polar surface area (TPSA) is 101 Å². The first-order chi connectivity index (χ1) is 14.2. The van der Waals surface area contributed by atoms with Crippen LogP contribution in [0.2, 0.25) is 0 Å². The van der Waals surface area contributed by atoms with Crippen molar-refractivity contribution >= 4 is 21.6 Å². The third-order valence-corrected chi connectivity index (χ3v) is 7.77. The Morgan fingerprint density at radius 2 is 1.83 bits per heavy atom. The molecule has 0 radical (unpaired) electrons. The predicted octanol–water partition coefficient (Wildman–Crippen LogP) is 3.32. The lowest BCUT2D eigenvalue weighted by Gasteiger charge is -2.29. The standard InChI is InChI=1S/C21H29N3O5S/c1-13-8-10-24(11-9-13)30(26,27)20-14(2)19(22-15(20)3)21(25)23-17-7-6-16(28-4)12-18(17)29-5/h6-7,12-13,22H,8-11H2,1-5H3,(H,23,25). The van der Waals surface area contributed by atoms with Gasteiger partial charge in [0.05, 0.1) is 19.9 Å². The molecule has 1 aromatic carbocycles. The maximum absolute atomic E-state index is 13.2. The molecule has 3 rings (SSSR count). The molecule has 1 amide bonds. The maximum Gasteiger partial charge on any atom is 0.272 e. The zero-order chi connectivity index (χ0) is 22.1. The SMILES string of the molecule is COc1ccc(NC(=O)c2[nH]c(C)c(S(=O)(=O)N3CCC(C)CC3)c2C)c(OC)c1. The molecule has 0 atom stereocenters. The number of benzene rings is 1. The van der Waals surface area contributed by atoms with E-state index < -0.39 is 15.9 Å². The van der Waals surface area contributed by atoms with Crippen LogP contribution in [0.5, 0.6) is 11.5 Å². The Hall–Kier alpha value is -2.52. The van der Waals surface area contributed by atoms with Crippen LogP contribution < -0.4 is 14.8 Å². The fraction of sp³-hybridized carbons (Fsp3) is 0.476.